The number of aromatic nitrogens is 1. The van der Waals surface area contributed by atoms with Crippen LogP contribution in [-0.2, 0) is 0 Å². The smallest absolute Gasteiger partial charge is 0.259 e. The van der Waals surface area contributed by atoms with Gasteiger partial charge in [0, 0.05) is 17.4 Å². The molecule has 0 radical (unpaired) electrons. The minimum atomic E-state index is -0.360. The second kappa shape index (κ2) is 8.36. The summed E-state index contributed by atoms with van der Waals surface area (Å²) >= 11 is 0. The fraction of sp³-hybridized carbons (Fsp3) is 0.120. The first-order valence-electron chi connectivity index (χ1n) is 10.0. The maximum absolute atomic E-state index is 13.3. The molecule has 0 spiro atoms. The number of ketones is 1. The lowest BCUT2D eigenvalue weighted by atomic mass is 10.1. The second-order valence-electron chi connectivity index (χ2n) is 7.15. The van der Waals surface area contributed by atoms with Crippen LogP contribution in [0.2, 0.25) is 0 Å². The van der Waals surface area contributed by atoms with Gasteiger partial charge in [0.1, 0.15) is 11.4 Å². The number of amides is 1. The topological polar surface area (TPSA) is 85.8 Å². The van der Waals surface area contributed by atoms with Gasteiger partial charge in [0.05, 0.1) is 23.4 Å². The van der Waals surface area contributed by atoms with Crippen LogP contribution in [0.1, 0.15) is 38.9 Å². The lowest BCUT2D eigenvalue weighted by molar-refractivity contribution is 0.102. The first-order valence-corrected chi connectivity index (χ1v) is 10.0. The van der Waals surface area contributed by atoms with Crippen molar-refractivity contribution in [2.24, 2.45) is 0 Å². The molecular weight excluding hydrogens is 390 g/mol. The average Bonchev–Trinajstić information content (AvgIpc) is 3.07. The minimum absolute atomic E-state index is 0.149. The first kappa shape index (κ1) is 20.2. The van der Waals surface area contributed by atoms with Crippen molar-refractivity contribution in [2.75, 3.05) is 17.7 Å². The van der Waals surface area contributed by atoms with Gasteiger partial charge in [-0.25, -0.2) is 0 Å². The van der Waals surface area contributed by atoms with Crippen molar-refractivity contribution in [2.45, 2.75) is 13.8 Å². The molecule has 3 N–H and O–H groups in total. The Morgan fingerprint density at radius 1 is 1.00 bits per heavy atom. The standard InChI is InChI=1S/C25H23N3O3/c1-3-31-18-13-11-17(12-14-18)24(29)23-22(26)21(20-10-6-7-15-28(20)23)25(30)27-19-9-5-4-8-16(19)2/h4-15H,3,26H2,1-2H3,(H,27,30). The van der Waals surface area contributed by atoms with E-state index in [1.807, 2.05) is 44.2 Å². The van der Waals surface area contributed by atoms with Gasteiger partial charge in [0.2, 0.25) is 5.78 Å². The lowest BCUT2D eigenvalue weighted by Gasteiger charge is -2.08. The molecule has 6 heteroatoms. The zero-order chi connectivity index (χ0) is 22.0. The van der Waals surface area contributed by atoms with E-state index in [0.29, 0.717) is 29.1 Å². The van der Waals surface area contributed by atoms with Gasteiger partial charge in [-0.2, -0.15) is 0 Å². The molecular formula is C25H23N3O3. The summed E-state index contributed by atoms with van der Waals surface area (Å²) in [7, 11) is 0. The third-order valence-electron chi connectivity index (χ3n) is 5.14. The van der Waals surface area contributed by atoms with Crippen molar-refractivity contribution in [1.29, 1.82) is 0 Å². The highest BCUT2D eigenvalue weighted by Crippen LogP contribution is 2.30. The van der Waals surface area contributed by atoms with Crippen molar-refractivity contribution in [3.63, 3.8) is 0 Å². The molecule has 0 aliphatic heterocycles. The Morgan fingerprint density at radius 2 is 1.71 bits per heavy atom. The fourth-order valence-corrected chi connectivity index (χ4v) is 3.60. The maximum atomic E-state index is 13.3. The number of carbonyl (C=O) groups is 2. The fourth-order valence-electron chi connectivity index (χ4n) is 3.60. The van der Waals surface area contributed by atoms with E-state index in [4.69, 9.17) is 10.5 Å². The number of hydrogen-bond donors (Lipinski definition) is 2. The Morgan fingerprint density at radius 3 is 2.42 bits per heavy atom. The number of rotatable bonds is 6. The Bertz CT molecular complexity index is 1270. The third-order valence-corrected chi connectivity index (χ3v) is 5.14. The normalized spacial score (nSPS) is 10.8. The number of nitrogen functional groups attached to an aromatic ring is 1. The highest BCUT2D eigenvalue weighted by atomic mass is 16.5. The molecule has 0 aliphatic rings. The number of nitrogens with zero attached hydrogens (tertiary/aromatic N) is 1. The molecule has 2 aromatic heterocycles. The van der Waals surface area contributed by atoms with Gasteiger partial charge < -0.3 is 20.2 Å². The van der Waals surface area contributed by atoms with Gasteiger partial charge in [0.25, 0.3) is 5.91 Å². The monoisotopic (exact) mass is 413 g/mol. The number of pyridine rings is 1. The summed E-state index contributed by atoms with van der Waals surface area (Å²) in [6.07, 6.45) is 1.73. The summed E-state index contributed by atoms with van der Waals surface area (Å²) in [4.78, 5) is 26.5. The summed E-state index contributed by atoms with van der Waals surface area (Å²) in [5.74, 6) is 0.0586. The number of aryl methyl sites for hydroxylation is 1. The molecule has 0 saturated carbocycles. The summed E-state index contributed by atoms with van der Waals surface area (Å²) < 4.78 is 7.12. The highest BCUT2D eigenvalue weighted by molar-refractivity contribution is 6.20. The Balaban J connectivity index is 1.77. The van der Waals surface area contributed by atoms with E-state index in [9.17, 15) is 9.59 Å². The molecule has 31 heavy (non-hydrogen) atoms. The summed E-state index contributed by atoms with van der Waals surface area (Å²) in [5.41, 5.74) is 9.74. The predicted molar refractivity (Wildman–Crippen MR) is 122 cm³/mol. The van der Waals surface area contributed by atoms with Gasteiger partial charge in [-0.15, -0.1) is 0 Å². The number of anilines is 2. The van der Waals surface area contributed by atoms with E-state index in [1.165, 1.54) is 0 Å². The lowest BCUT2D eigenvalue weighted by Crippen LogP contribution is -2.14. The summed E-state index contributed by atoms with van der Waals surface area (Å²) in [6.45, 7) is 4.36. The molecule has 6 nitrogen and oxygen atoms in total. The van der Waals surface area contributed by atoms with Gasteiger partial charge in [0.15, 0.2) is 0 Å². The number of para-hydroxylation sites is 1. The van der Waals surface area contributed by atoms with E-state index in [0.717, 1.165) is 5.56 Å². The van der Waals surface area contributed by atoms with Gasteiger partial charge in [-0.05, 0) is 61.9 Å². The van der Waals surface area contributed by atoms with Crippen molar-refractivity contribution < 1.29 is 14.3 Å². The van der Waals surface area contributed by atoms with E-state index in [2.05, 4.69) is 5.32 Å². The average molecular weight is 413 g/mol. The molecule has 2 heterocycles. The minimum Gasteiger partial charge on any atom is -0.494 e. The summed E-state index contributed by atoms with van der Waals surface area (Å²) in [6, 6.07) is 19.8. The van der Waals surface area contributed by atoms with Crippen molar-refractivity contribution in [3.05, 3.63) is 95.3 Å². The van der Waals surface area contributed by atoms with Crippen LogP contribution < -0.4 is 15.8 Å². The zero-order valence-corrected chi connectivity index (χ0v) is 17.4. The number of ether oxygens (including phenoxy) is 1. The number of carbonyl (C=O) groups excluding carboxylic acids is 2. The van der Waals surface area contributed by atoms with E-state index < -0.39 is 0 Å². The molecule has 0 aliphatic carbocycles. The molecule has 0 saturated heterocycles. The van der Waals surface area contributed by atoms with Gasteiger partial charge in [-0.3, -0.25) is 9.59 Å². The van der Waals surface area contributed by atoms with E-state index in [1.54, 1.807) is 47.0 Å². The molecule has 156 valence electrons. The van der Waals surface area contributed by atoms with Crippen LogP contribution in [0, 0.1) is 6.92 Å². The van der Waals surface area contributed by atoms with Crippen LogP contribution in [-0.4, -0.2) is 22.7 Å². The zero-order valence-electron chi connectivity index (χ0n) is 17.4. The van der Waals surface area contributed by atoms with Crippen LogP contribution >= 0.6 is 0 Å². The SMILES string of the molecule is CCOc1ccc(C(=O)c2c(N)c(C(=O)Nc3ccccc3C)c3ccccn23)cc1. The van der Waals surface area contributed by atoms with Crippen LogP contribution in [0.5, 0.6) is 5.75 Å². The maximum Gasteiger partial charge on any atom is 0.259 e. The molecule has 4 aromatic rings. The number of benzene rings is 2. The quantitative estimate of drug-likeness (QED) is 0.448. The molecule has 1 amide bonds. The molecule has 0 unspecified atom stereocenters. The Labute approximate surface area is 180 Å². The predicted octanol–water partition coefficient (Wildman–Crippen LogP) is 4.71. The van der Waals surface area contributed by atoms with Crippen molar-refractivity contribution in [3.8, 4) is 5.75 Å². The molecule has 4 rings (SSSR count). The molecule has 0 bridgehead atoms. The van der Waals surface area contributed by atoms with Crippen LogP contribution in [0.3, 0.4) is 0 Å². The highest BCUT2D eigenvalue weighted by Gasteiger charge is 2.26. The Hall–Kier alpha value is -4.06. The van der Waals surface area contributed by atoms with Crippen molar-refractivity contribution >= 4 is 28.6 Å². The van der Waals surface area contributed by atoms with Gasteiger partial charge >= 0.3 is 0 Å². The third kappa shape index (κ3) is 3.75. The van der Waals surface area contributed by atoms with Crippen molar-refractivity contribution in [1.82, 2.24) is 4.40 Å². The van der Waals surface area contributed by atoms with Gasteiger partial charge in [-0.1, -0.05) is 24.3 Å². The largest absolute Gasteiger partial charge is 0.494 e. The van der Waals surface area contributed by atoms with Crippen LogP contribution in [0.25, 0.3) is 5.52 Å². The molecule has 0 fully saturated rings. The number of fused-ring (bicyclic) bond motifs is 1. The molecule has 2 aromatic carbocycles. The molecule has 0 atom stereocenters. The van der Waals surface area contributed by atoms with Crippen LogP contribution in [0.4, 0.5) is 11.4 Å². The number of nitrogens with two attached hydrogens (primary N) is 1. The first-order chi connectivity index (χ1) is 15.0. The van der Waals surface area contributed by atoms with Crippen LogP contribution in [0.15, 0.2) is 72.9 Å². The second-order valence-corrected chi connectivity index (χ2v) is 7.15. The van der Waals surface area contributed by atoms with E-state index in [-0.39, 0.29) is 28.6 Å². The number of hydrogen-bond acceptors (Lipinski definition) is 4. The van der Waals surface area contributed by atoms with E-state index >= 15 is 0 Å². The number of nitrogens with one attached hydrogen (secondary N) is 1. The summed E-state index contributed by atoms with van der Waals surface area (Å²) in [5, 5.41) is 2.91. The Kier molecular flexibility index (Phi) is 5.45.